The highest BCUT2D eigenvalue weighted by Crippen LogP contribution is 2.30. The van der Waals surface area contributed by atoms with Crippen LogP contribution in [0.2, 0.25) is 5.02 Å². The van der Waals surface area contributed by atoms with Gasteiger partial charge >= 0.3 is 5.69 Å². The molecule has 7 N–H and O–H groups in total. The summed E-state index contributed by atoms with van der Waals surface area (Å²) in [5.41, 5.74) is 14.2. The van der Waals surface area contributed by atoms with E-state index in [0.717, 1.165) is 42.2 Å². The maximum absolute atomic E-state index is 14.8. The molecule has 1 unspecified atom stereocenters. The van der Waals surface area contributed by atoms with Gasteiger partial charge in [0.2, 0.25) is 0 Å². The average Bonchev–Trinajstić information content (AvgIpc) is 3.73. The van der Waals surface area contributed by atoms with Gasteiger partial charge in [0, 0.05) is 47.9 Å². The van der Waals surface area contributed by atoms with Crippen molar-refractivity contribution in [1.82, 2.24) is 24.8 Å². The molecule has 0 aliphatic carbocycles. The Bertz CT molecular complexity index is 1750. The van der Waals surface area contributed by atoms with Gasteiger partial charge in [0.05, 0.1) is 16.4 Å². The summed E-state index contributed by atoms with van der Waals surface area (Å²) in [7, 11) is 0. The molecule has 246 valence electrons. The second-order valence-electron chi connectivity index (χ2n) is 9.80. The highest BCUT2D eigenvalue weighted by molar-refractivity contribution is 7.13. The number of H-pyrrole nitrogens is 1. The van der Waals surface area contributed by atoms with Gasteiger partial charge in [-0.25, -0.2) is 14.2 Å². The van der Waals surface area contributed by atoms with Gasteiger partial charge in [-0.05, 0) is 67.8 Å². The fourth-order valence-corrected chi connectivity index (χ4v) is 5.53. The molecule has 0 fully saturated rings. The van der Waals surface area contributed by atoms with Crippen molar-refractivity contribution in [3.8, 4) is 16.9 Å². The summed E-state index contributed by atoms with van der Waals surface area (Å²) in [6.45, 7) is 11.8. The maximum atomic E-state index is 14.8. The molecule has 0 amide bonds. The molecule has 0 saturated carbocycles. The minimum absolute atomic E-state index is 0.0387. The van der Waals surface area contributed by atoms with Gasteiger partial charge < -0.3 is 27.1 Å². The number of aliphatic imine (C=N–C) groups is 1. The van der Waals surface area contributed by atoms with Crippen LogP contribution in [0, 0.1) is 12.7 Å². The zero-order chi connectivity index (χ0) is 33.6. The quantitative estimate of drug-likeness (QED) is 0.0558. The standard InChI is InChI=1S/C29H31ClFN9OS.2C2H6/c1-17-13-21(25(31)22(30)14-17)24-15-19-16-40(29(41)39-26(19)38-24)20-5-3-18(4-6-20)23(34-8-2-9-35-27(32)33)7-10-36-28-37-11-12-42-28;2*1-2/h3-6,11-16,23,34H,2,7-10H2,1H3,(H,36,37)(H4,32,33,35)(H,38,39,41);2*1-2H3. The minimum Gasteiger partial charge on any atom is -0.370 e. The summed E-state index contributed by atoms with van der Waals surface area (Å²) in [5.74, 6) is -0.443. The van der Waals surface area contributed by atoms with E-state index >= 15 is 0 Å². The Morgan fingerprint density at radius 3 is 2.54 bits per heavy atom. The summed E-state index contributed by atoms with van der Waals surface area (Å²) >= 11 is 7.61. The Labute approximate surface area is 278 Å². The first-order valence-corrected chi connectivity index (χ1v) is 16.6. The predicted molar refractivity (Wildman–Crippen MR) is 191 cm³/mol. The van der Waals surface area contributed by atoms with E-state index in [2.05, 4.69) is 30.6 Å². The van der Waals surface area contributed by atoms with E-state index in [0.29, 0.717) is 34.5 Å². The number of anilines is 1. The number of nitrogens with one attached hydrogen (secondary N) is 3. The number of hydrogen-bond acceptors (Lipinski definition) is 7. The van der Waals surface area contributed by atoms with Crippen LogP contribution in [0.1, 0.15) is 57.7 Å². The van der Waals surface area contributed by atoms with Crippen molar-refractivity contribution < 1.29 is 4.39 Å². The van der Waals surface area contributed by atoms with Crippen LogP contribution in [0.5, 0.6) is 0 Å². The molecule has 5 aromatic rings. The van der Waals surface area contributed by atoms with E-state index in [4.69, 9.17) is 23.1 Å². The fraction of sp³-hybridized carbons (Fsp3) is 0.333. The Kier molecular flexibility index (Phi) is 14.2. The van der Waals surface area contributed by atoms with Crippen LogP contribution in [0.4, 0.5) is 9.52 Å². The second-order valence-corrected chi connectivity index (χ2v) is 11.1. The lowest BCUT2D eigenvalue weighted by atomic mass is 10.0. The van der Waals surface area contributed by atoms with Gasteiger partial charge in [-0.2, -0.15) is 4.98 Å². The Morgan fingerprint density at radius 2 is 1.87 bits per heavy atom. The molecule has 13 heteroatoms. The number of guanidine groups is 1. The Morgan fingerprint density at radius 1 is 1.13 bits per heavy atom. The van der Waals surface area contributed by atoms with Crippen molar-refractivity contribution in [3.05, 3.63) is 92.7 Å². The average molecular weight is 668 g/mol. The molecule has 3 aromatic heterocycles. The first kappa shape index (κ1) is 36.2. The van der Waals surface area contributed by atoms with Crippen molar-refractivity contribution in [2.45, 2.75) is 53.5 Å². The van der Waals surface area contributed by atoms with E-state index in [1.54, 1.807) is 41.9 Å². The number of nitrogens with zero attached hydrogens (tertiary/aromatic N) is 4. The monoisotopic (exact) mass is 667 g/mol. The van der Waals surface area contributed by atoms with Gasteiger partial charge in [0.1, 0.15) is 5.65 Å². The van der Waals surface area contributed by atoms with Gasteiger partial charge in [0.15, 0.2) is 16.9 Å². The number of aryl methyl sites for hydroxylation is 1. The second kappa shape index (κ2) is 18.0. The smallest absolute Gasteiger partial charge is 0.354 e. The maximum Gasteiger partial charge on any atom is 0.354 e. The topological polar surface area (TPSA) is 152 Å². The van der Waals surface area contributed by atoms with Crippen LogP contribution in [-0.2, 0) is 0 Å². The van der Waals surface area contributed by atoms with Crippen LogP contribution >= 0.6 is 22.9 Å². The Hall–Kier alpha value is -4.26. The first-order valence-electron chi connectivity index (χ1n) is 15.4. The Balaban J connectivity index is 0.00000139. The van der Waals surface area contributed by atoms with Gasteiger partial charge in [0.25, 0.3) is 0 Å². The molecule has 0 spiro atoms. The van der Waals surface area contributed by atoms with Crippen molar-refractivity contribution in [2.75, 3.05) is 25.0 Å². The summed E-state index contributed by atoms with van der Waals surface area (Å²) in [6.07, 6.45) is 5.06. The van der Waals surface area contributed by atoms with Crippen LogP contribution in [-0.4, -0.2) is 45.1 Å². The van der Waals surface area contributed by atoms with Crippen LogP contribution < -0.4 is 27.8 Å². The van der Waals surface area contributed by atoms with E-state index in [-0.39, 0.29) is 17.0 Å². The van der Waals surface area contributed by atoms with E-state index < -0.39 is 11.5 Å². The van der Waals surface area contributed by atoms with Crippen LogP contribution in [0.3, 0.4) is 0 Å². The number of aromatic nitrogens is 4. The lowest BCUT2D eigenvalue weighted by Gasteiger charge is -2.20. The minimum atomic E-state index is -0.527. The molecule has 0 aliphatic heterocycles. The highest BCUT2D eigenvalue weighted by atomic mass is 35.5. The SMILES string of the molecule is CC.CC.Cc1cc(Cl)c(F)c(-c2cc3cn(-c4ccc(C(CCNc5nccs5)NCCCN=C(N)N)cc4)c(=O)nc3[nH]2)c1. The molecule has 0 saturated heterocycles. The molecular weight excluding hydrogens is 625 g/mol. The molecule has 0 aliphatic rings. The number of halogens is 2. The lowest BCUT2D eigenvalue weighted by Crippen LogP contribution is -2.26. The van der Waals surface area contributed by atoms with Gasteiger partial charge in [-0.3, -0.25) is 9.56 Å². The molecule has 2 aromatic carbocycles. The zero-order valence-electron chi connectivity index (χ0n) is 26.9. The summed E-state index contributed by atoms with van der Waals surface area (Å²) in [6, 6.07) is 12.9. The molecule has 5 rings (SSSR count). The molecule has 46 heavy (non-hydrogen) atoms. The number of aromatic amines is 1. The van der Waals surface area contributed by atoms with Crippen molar-refractivity contribution in [1.29, 1.82) is 0 Å². The largest absolute Gasteiger partial charge is 0.370 e. The number of thiazole rings is 1. The molecule has 3 heterocycles. The van der Waals surface area contributed by atoms with Crippen molar-refractivity contribution in [2.24, 2.45) is 16.5 Å². The number of fused-ring (bicyclic) bond motifs is 1. The molecule has 1 atom stereocenters. The van der Waals surface area contributed by atoms with Gasteiger partial charge in [-0.15, -0.1) is 11.3 Å². The highest BCUT2D eigenvalue weighted by Gasteiger charge is 2.15. The molecule has 10 nitrogen and oxygen atoms in total. The third-order valence-electron chi connectivity index (χ3n) is 6.71. The van der Waals surface area contributed by atoms with Crippen molar-refractivity contribution >= 4 is 45.1 Å². The van der Waals surface area contributed by atoms with Gasteiger partial charge in [-0.1, -0.05) is 51.4 Å². The first-order chi connectivity index (χ1) is 22.3. The van der Waals surface area contributed by atoms with E-state index in [1.807, 2.05) is 64.3 Å². The van der Waals surface area contributed by atoms with Crippen molar-refractivity contribution in [3.63, 3.8) is 0 Å². The fourth-order valence-electron chi connectivity index (χ4n) is 4.70. The predicted octanol–water partition coefficient (Wildman–Crippen LogP) is 6.79. The summed E-state index contributed by atoms with van der Waals surface area (Å²) in [4.78, 5) is 28.5. The van der Waals surface area contributed by atoms with Crippen LogP contribution in [0.25, 0.3) is 28.0 Å². The normalized spacial score (nSPS) is 11.2. The number of benzene rings is 2. The van der Waals surface area contributed by atoms with Crippen LogP contribution in [0.15, 0.2) is 70.0 Å². The number of hydrogen-bond donors (Lipinski definition) is 5. The lowest BCUT2D eigenvalue weighted by molar-refractivity contribution is 0.505. The third kappa shape index (κ3) is 9.62. The molecule has 0 bridgehead atoms. The summed E-state index contributed by atoms with van der Waals surface area (Å²) in [5, 5.41) is 10.4. The zero-order valence-corrected chi connectivity index (χ0v) is 28.5. The number of nitrogens with two attached hydrogens (primary N) is 2. The van der Waals surface area contributed by atoms with E-state index in [9.17, 15) is 9.18 Å². The summed E-state index contributed by atoms with van der Waals surface area (Å²) < 4.78 is 16.2. The molecule has 0 radical (unpaired) electrons. The number of rotatable bonds is 12. The van der Waals surface area contributed by atoms with E-state index in [1.165, 1.54) is 4.57 Å². The third-order valence-corrected chi connectivity index (χ3v) is 7.71. The molecular formula is C33H43ClFN9OS.